The van der Waals surface area contributed by atoms with Gasteiger partial charge in [0.05, 0.1) is 0 Å². The zero-order valence-corrected chi connectivity index (χ0v) is 15.4. The molecule has 132 valence electrons. The first-order valence-electron chi connectivity index (χ1n) is 8.84. The van der Waals surface area contributed by atoms with E-state index in [1.54, 1.807) is 6.92 Å². The van der Waals surface area contributed by atoms with Crippen LogP contribution in [0.15, 0.2) is 0 Å². The summed E-state index contributed by atoms with van der Waals surface area (Å²) in [5.41, 5.74) is -0.692. The molecule has 0 radical (unpaired) electrons. The largest absolute Gasteiger partial charge is 0.550 e. The van der Waals surface area contributed by atoms with E-state index in [0.717, 1.165) is 25.7 Å². The molecule has 0 aromatic heterocycles. The molecule has 23 heavy (non-hydrogen) atoms. The second-order valence-electron chi connectivity index (χ2n) is 8.93. The third kappa shape index (κ3) is 3.01. The monoisotopic (exact) mass is 323 g/mol. The van der Waals surface area contributed by atoms with Gasteiger partial charge < -0.3 is 14.6 Å². The third-order valence-electron chi connectivity index (χ3n) is 6.82. The van der Waals surface area contributed by atoms with Crippen LogP contribution in [0, 0.1) is 28.6 Å². The van der Waals surface area contributed by atoms with E-state index < -0.39 is 17.5 Å². The lowest BCUT2D eigenvalue weighted by atomic mass is 9.44. The fourth-order valence-electron chi connectivity index (χ4n) is 6.22. The van der Waals surface area contributed by atoms with Crippen molar-refractivity contribution in [3.05, 3.63) is 0 Å². The van der Waals surface area contributed by atoms with Crippen LogP contribution < -0.4 is 5.11 Å². The van der Waals surface area contributed by atoms with E-state index in [2.05, 4.69) is 20.8 Å². The molecule has 0 amide bonds. The number of esters is 1. The Balaban J connectivity index is 2.51. The summed E-state index contributed by atoms with van der Waals surface area (Å²) in [5, 5.41) is 11.7. The summed E-state index contributed by atoms with van der Waals surface area (Å²) < 4.78 is 5.71. The highest BCUT2D eigenvalue weighted by molar-refractivity contribution is 5.69. The third-order valence-corrected chi connectivity index (χ3v) is 6.82. The number of carboxylic acid groups (broad SMARTS) is 1. The molecule has 5 atom stereocenters. The van der Waals surface area contributed by atoms with Crippen LogP contribution in [0.4, 0.5) is 0 Å². The summed E-state index contributed by atoms with van der Waals surface area (Å²) >= 11 is 0. The van der Waals surface area contributed by atoms with E-state index in [-0.39, 0.29) is 22.7 Å². The molecule has 2 fully saturated rings. The van der Waals surface area contributed by atoms with Crippen LogP contribution in [0.3, 0.4) is 0 Å². The van der Waals surface area contributed by atoms with Crippen molar-refractivity contribution in [2.24, 2.45) is 28.6 Å². The molecule has 0 spiro atoms. The normalized spacial score (nSPS) is 40.8. The summed E-state index contributed by atoms with van der Waals surface area (Å²) in [6.07, 6.45) is 4.94. The Morgan fingerprint density at radius 2 is 1.74 bits per heavy atom. The first-order valence-corrected chi connectivity index (χ1v) is 8.84. The minimum absolute atomic E-state index is 0.149. The van der Waals surface area contributed by atoms with Crippen LogP contribution in [0.25, 0.3) is 0 Å². The van der Waals surface area contributed by atoms with Gasteiger partial charge in [0.25, 0.3) is 0 Å². The summed E-state index contributed by atoms with van der Waals surface area (Å²) in [6.45, 7) is 11.8. The number of hydrogen-bond acceptors (Lipinski definition) is 4. The zero-order valence-electron chi connectivity index (χ0n) is 15.4. The number of ether oxygens (including phenoxy) is 1. The maximum Gasteiger partial charge on any atom is 0.303 e. The van der Waals surface area contributed by atoms with Gasteiger partial charge in [-0.25, -0.2) is 0 Å². The standard InChI is InChI=1S/C19H32O4/c1-12(16(21)22)15-18(5)10-7-9-17(3,4)14(18)8-11-19(15,6)23-13(2)20/h12,14-15H,7-11H2,1-6H3,(H,21,22)/p-1. The number of rotatable bonds is 3. The predicted molar refractivity (Wildman–Crippen MR) is 86.3 cm³/mol. The summed E-state index contributed by atoms with van der Waals surface area (Å²) in [4.78, 5) is 23.4. The molecule has 0 bridgehead atoms. The average Bonchev–Trinajstić information content (AvgIpc) is 2.35. The van der Waals surface area contributed by atoms with Gasteiger partial charge in [-0.2, -0.15) is 0 Å². The van der Waals surface area contributed by atoms with Gasteiger partial charge in [0, 0.05) is 24.7 Å². The van der Waals surface area contributed by atoms with Crippen molar-refractivity contribution < 1.29 is 19.4 Å². The quantitative estimate of drug-likeness (QED) is 0.749. The molecule has 4 nitrogen and oxygen atoms in total. The van der Waals surface area contributed by atoms with Crippen LogP contribution in [0.5, 0.6) is 0 Å². The maximum atomic E-state index is 11.7. The smallest absolute Gasteiger partial charge is 0.303 e. The van der Waals surface area contributed by atoms with Crippen LogP contribution >= 0.6 is 0 Å². The Hall–Kier alpha value is -1.06. The molecule has 0 saturated heterocycles. The van der Waals surface area contributed by atoms with E-state index in [1.807, 2.05) is 6.92 Å². The van der Waals surface area contributed by atoms with Crippen molar-refractivity contribution >= 4 is 11.9 Å². The Morgan fingerprint density at radius 3 is 2.26 bits per heavy atom. The number of hydrogen-bond donors (Lipinski definition) is 0. The lowest BCUT2D eigenvalue weighted by Gasteiger charge is -2.63. The number of carbonyl (C=O) groups is 2. The first-order chi connectivity index (χ1) is 10.4. The van der Waals surface area contributed by atoms with Crippen molar-refractivity contribution in [2.75, 3.05) is 0 Å². The lowest BCUT2D eigenvalue weighted by molar-refractivity contribution is -0.319. The zero-order chi connectivity index (χ0) is 17.6. The van der Waals surface area contributed by atoms with Crippen LogP contribution in [-0.2, 0) is 14.3 Å². The predicted octanol–water partition coefficient (Wildman–Crippen LogP) is 2.94. The second kappa shape index (κ2) is 5.78. The second-order valence-corrected chi connectivity index (χ2v) is 8.93. The van der Waals surface area contributed by atoms with Crippen LogP contribution in [0.2, 0.25) is 0 Å². The molecule has 2 rings (SSSR count). The van der Waals surface area contributed by atoms with Gasteiger partial charge in [-0.05, 0) is 49.4 Å². The van der Waals surface area contributed by atoms with E-state index >= 15 is 0 Å². The Bertz CT molecular complexity index is 498. The molecule has 2 aliphatic carbocycles. The van der Waals surface area contributed by atoms with Crippen LogP contribution in [-0.4, -0.2) is 17.5 Å². The fraction of sp³-hybridized carbons (Fsp3) is 0.895. The van der Waals surface area contributed by atoms with Gasteiger partial charge in [0.2, 0.25) is 0 Å². The lowest BCUT2D eigenvalue weighted by Crippen LogP contribution is -2.62. The van der Waals surface area contributed by atoms with Gasteiger partial charge >= 0.3 is 5.97 Å². The van der Waals surface area contributed by atoms with Gasteiger partial charge in [0.1, 0.15) is 5.60 Å². The highest BCUT2D eigenvalue weighted by Gasteiger charge is 2.61. The number of carbonyl (C=O) groups excluding carboxylic acids is 2. The first kappa shape index (κ1) is 18.3. The van der Waals surface area contributed by atoms with Crippen molar-refractivity contribution in [2.45, 2.75) is 79.2 Å². The highest BCUT2D eigenvalue weighted by atomic mass is 16.6. The SMILES string of the molecule is CC(=O)OC1(C)CCC2C(C)(C)CCCC2(C)C1C(C)C(=O)[O-]. The molecule has 0 aromatic carbocycles. The van der Waals surface area contributed by atoms with Crippen molar-refractivity contribution in [3.8, 4) is 0 Å². The maximum absolute atomic E-state index is 11.7. The molecule has 4 heteroatoms. The Morgan fingerprint density at radius 1 is 1.13 bits per heavy atom. The van der Waals surface area contributed by atoms with E-state index in [9.17, 15) is 14.7 Å². The number of aliphatic carboxylic acids is 1. The molecular weight excluding hydrogens is 292 g/mol. The molecule has 0 heterocycles. The van der Waals surface area contributed by atoms with Crippen molar-refractivity contribution in [1.82, 2.24) is 0 Å². The number of fused-ring (bicyclic) bond motifs is 1. The molecule has 0 aliphatic heterocycles. The topological polar surface area (TPSA) is 66.4 Å². The highest BCUT2D eigenvalue weighted by Crippen LogP contribution is 2.64. The van der Waals surface area contributed by atoms with Gasteiger partial charge in [-0.3, -0.25) is 4.79 Å². The molecular formula is C19H31O4-. The van der Waals surface area contributed by atoms with E-state index in [1.165, 1.54) is 13.3 Å². The molecule has 0 N–H and O–H groups in total. The van der Waals surface area contributed by atoms with Crippen molar-refractivity contribution in [1.29, 1.82) is 0 Å². The van der Waals surface area contributed by atoms with Gasteiger partial charge in [-0.1, -0.05) is 34.1 Å². The van der Waals surface area contributed by atoms with E-state index in [4.69, 9.17) is 4.74 Å². The minimum atomic E-state index is -1.04. The fourth-order valence-corrected chi connectivity index (χ4v) is 6.22. The molecule has 0 aromatic rings. The number of carboxylic acids is 1. The van der Waals surface area contributed by atoms with Crippen LogP contribution in [0.1, 0.15) is 73.6 Å². The van der Waals surface area contributed by atoms with E-state index in [0.29, 0.717) is 5.92 Å². The minimum Gasteiger partial charge on any atom is -0.550 e. The molecule has 5 unspecified atom stereocenters. The summed E-state index contributed by atoms with van der Waals surface area (Å²) in [7, 11) is 0. The Labute approximate surface area is 140 Å². The van der Waals surface area contributed by atoms with Crippen molar-refractivity contribution in [3.63, 3.8) is 0 Å². The Kier molecular flexibility index (Phi) is 4.60. The van der Waals surface area contributed by atoms with Gasteiger partial charge in [0.15, 0.2) is 0 Å². The summed E-state index contributed by atoms with van der Waals surface area (Å²) in [6, 6.07) is 0. The molecule has 2 aliphatic rings. The van der Waals surface area contributed by atoms with Gasteiger partial charge in [-0.15, -0.1) is 0 Å². The average molecular weight is 323 g/mol. The summed E-state index contributed by atoms with van der Waals surface area (Å²) in [5.74, 6) is -1.79. The molecule has 2 saturated carbocycles.